The van der Waals surface area contributed by atoms with Crippen molar-refractivity contribution in [2.45, 2.75) is 292 Å². The molecule has 0 unspecified atom stereocenters. The maximum Gasteiger partial charge on any atom is 0.306 e. The molecular formula is C53H102O6. The number of esters is 3. The zero-order valence-corrected chi connectivity index (χ0v) is 40.5. The van der Waals surface area contributed by atoms with Gasteiger partial charge in [0.05, 0.1) is 0 Å². The third-order valence-corrected chi connectivity index (χ3v) is 11.9. The van der Waals surface area contributed by atoms with Crippen molar-refractivity contribution in [2.24, 2.45) is 17.8 Å². The molecule has 0 aromatic rings. The maximum absolute atomic E-state index is 12.8. The van der Waals surface area contributed by atoms with Gasteiger partial charge < -0.3 is 14.2 Å². The van der Waals surface area contributed by atoms with E-state index in [1.165, 1.54) is 167 Å². The van der Waals surface area contributed by atoms with E-state index < -0.39 is 6.10 Å². The van der Waals surface area contributed by atoms with Gasteiger partial charge in [-0.05, 0) is 37.0 Å². The van der Waals surface area contributed by atoms with Gasteiger partial charge in [0, 0.05) is 19.3 Å². The van der Waals surface area contributed by atoms with Crippen LogP contribution in [0, 0.1) is 17.8 Å². The smallest absolute Gasteiger partial charge is 0.306 e. The molecule has 0 rings (SSSR count). The molecule has 0 aromatic heterocycles. The molecule has 0 aromatic carbocycles. The Morgan fingerprint density at radius 2 is 0.492 bits per heavy atom. The standard InChI is InChI=1S/C53H102O6/c1-47(2)39-33-27-21-17-13-9-7-11-15-19-23-30-36-42-51(54)57-45-50(46-58-52(55)43-37-31-26-25-29-35-41-49(5)6)59-53(56)44-38-32-24-20-16-12-8-10-14-18-22-28-34-40-48(3)4/h47-50H,7-46H2,1-6H3/t50-/m0/s1. The number of rotatable bonds is 46. The van der Waals surface area contributed by atoms with Crippen LogP contribution in [0.25, 0.3) is 0 Å². The Bertz CT molecular complexity index is 914. The highest BCUT2D eigenvalue weighted by molar-refractivity contribution is 5.71. The van der Waals surface area contributed by atoms with E-state index in [0.29, 0.717) is 19.3 Å². The molecule has 6 nitrogen and oxygen atoms in total. The second-order valence-electron chi connectivity index (χ2n) is 19.6. The fourth-order valence-corrected chi connectivity index (χ4v) is 7.94. The highest BCUT2D eigenvalue weighted by Gasteiger charge is 2.19. The SMILES string of the molecule is CC(C)CCCCCCCCCCCCCCCC(=O)OC[C@@H](COC(=O)CCCCCCCCC(C)C)OC(=O)CCCCCCCCCCCCCCCC(C)C. The molecule has 0 spiro atoms. The molecule has 0 radical (unpaired) electrons. The lowest BCUT2D eigenvalue weighted by Gasteiger charge is -2.18. The Balaban J connectivity index is 4.27. The molecule has 0 aliphatic rings. The molecule has 0 N–H and O–H groups in total. The summed E-state index contributed by atoms with van der Waals surface area (Å²) in [4.78, 5) is 37.9. The van der Waals surface area contributed by atoms with Gasteiger partial charge in [-0.2, -0.15) is 0 Å². The van der Waals surface area contributed by atoms with Crippen LogP contribution in [0.3, 0.4) is 0 Å². The Morgan fingerprint density at radius 1 is 0.288 bits per heavy atom. The minimum atomic E-state index is -0.763. The summed E-state index contributed by atoms with van der Waals surface area (Å²) < 4.78 is 16.8. The Labute approximate surface area is 368 Å². The van der Waals surface area contributed by atoms with E-state index in [0.717, 1.165) is 75.5 Å². The summed E-state index contributed by atoms with van der Waals surface area (Å²) in [6, 6.07) is 0. The zero-order valence-electron chi connectivity index (χ0n) is 40.5. The third kappa shape index (κ3) is 47.3. The summed E-state index contributed by atoms with van der Waals surface area (Å²) in [7, 11) is 0. The van der Waals surface area contributed by atoms with E-state index in [2.05, 4.69) is 41.5 Å². The van der Waals surface area contributed by atoms with E-state index in [9.17, 15) is 14.4 Å². The Morgan fingerprint density at radius 3 is 0.729 bits per heavy atom. The van der Waals surface area contributed by atoms with E-state index in [1.807, 2.05) is 0 Å². The lowest BCUT2D eigenvalue weighted by atomic mass is 10.0. The summed E-state index contributed by atoms with van der Waals surface area (Å²) in [5.41, 5.74) is 0. The van der Waals surface area contributed by atoms with Crippen molar-refractivity contribution in [1.82, 2.24) is 0 Å². The van der Waals surface area contributed by atoms with Crippen molar-refractivity contribution in [3.05, 3.63) is 0 Å². The van der Waals surface area contributed by atoms with Gasteiger partial charge in [-0.15, -0.1) is 0 Å². The molecule has 0 aliphatic carbocycles. The number of ether oxygens (including phenoxy) is 3. The minimum absolute atomic E-state index is 0.0652. The van der Waals surface area contributed by atoms with Gasteiger partial charge in [0.2, 0.25) is 0 Å². The van der Waals surface area contributed by atoms with Gasteiger partial charge in [0.25, 0.3) is 0 Å². The van der Waals surface area contributed by atoms with E-state index in [4.69, 9.17) is 14.2 Å². The Hall–Kier alpha value is -1.59. The van der Waals surface area contributed by atoms with E-state index >= 15 is 0 Å². The van der Waals surface area contributed by atoms with Crippen molar-refractivity contribution < 1.29 is 28.6 Å². The molecule has 0 heterocycles. The van der Waals surface area contributed by atoms with Crippen LogP contribution >= 0.6 is 0 Å². The van der Waals surface area contributed by atoms with Gasteiger partial charge in [-0.1, -0.05) is 247 Å². The van der Waals surface area contributed by atoms with Crippen molar-refractivity contribution in [2.75, 3.05) is 13.2 Å². The molecule has 0 fully saturated rings. The van der Waals surface area contributed by atoms with Crippen molar-refractivity contribution in [3.8, 4) is 0 Å². The van der Waals surface area contributed by atoms with E-state index in [1.54, 1.807) is 0 Å². The summed E-state index contributed by atoms with van der Waals surface area (Å²) in [6.45, 7) is 13.7. The molecule has 0 saturated heterocycles. The van der Waals surface area contributed by atoms with Gasteiger partial charge in [-0.3, -0.25) is 14.4 Å². The van der Waals surface area contributed by atoms with Crippen LogP contribution in [0.4, 0.5) is 0 Å². The third-order valence-electron chi connectivity index (χ3n) is 11.9. The molecule has 350 valence electrons. The fourth-order valence-electron chi connectivity index (χ4n) is 7.94. The van der Waals surface area contributed by atoms with Crippen LogP contribution in [0.1, 0.15) is 286 Å². The first-order valence-electron chi connectivity index (χ1n) is 26.1. The first kappa shape index (κ1) is 57.4. The van der Waals surface area contributed by atoms with Crippen molar-refractivity contribution in [3.63, 3.8) is 0 Å². The quantitative estimate of drug-likeness (QED) is 0.0345. The monoisotopic (exact) mass is 835 g/mol. The molecule has 0 amide bonds. The lowest BCUT2D eigenvalue weighted by molar-refractivity contribution is -0.167. The largest absolute Gasteiger partial charge is 0.462 e. The molecular weight excluding hydrogens is 733 g/mol. The predicted octanol–water partition coefficient (Wildman–Crippen LogP) is 16.8. The number of carbonyl (C=O) groups excluding carboxylic acids is 3. The number of hydrogen-bond acceptors (Lipinski definition) is 6. The van der Waals surface area contributed by atoms with Crippen LogP contribution < -0.4 is 0 Å². The normalized spacial score (nSPS) is 12.2. The topological polar surface area (TPSA) is 78.9 Å². The maximum atomic E-state index is 12.8. The zero-order chi connectivity index (χ0) is 43.4. The molecule has 59 heavy (non-hydrogen) atoms. The van der Waals surface area contributed by atoms with Crippen LogP contribution in [0.5, 0.6) is 0 Å². The number of carbonyl (C=O) groups is 3. The van der Waals surface area contributed by atoms with Crippen LogP contribution in [0.15, 0.2) is 0 Å². The van der Waals surface area contributed by atoms with Crippen LogP contribution in [-0.2, 0) is 28.6 Å². The summed E-state index contributed by atoms with van der Waals surface area (Å²) in [6.07, 6.45) is 43.9. The number of hydrogen-bond donors (Lipinski definition) is 0. The highest BCUT2D eigenvalue weighted by Crippen LogP contribution is 2.18. The predicted molar refractivity (Wildman–Crippen MR) is 252 cm³/mol. The summed E-state index contributed by atoms with van der Waals surface area (Å²) >= 11 is 0. The van der Waals surface area contributed by atoms with Crippen LogP contribution in [0.2, 0.25) is 0 Å². The fraction of sp³-hybridized carbons (Fsp3) is 0.943. The van der Waals surface area contributed by atoms with Crippen molar-refractivity contribution in [1.29, 1.82) is 0 Å². The summed E-state index contributed by atoms with van der Waals surface area (Å²) in [5, 5.41) is 0. The average Bonchev–Trinajstić information content (AvgIpc) is 3.19. The second-order valence-corrected chi connectivity index (χ2v) is 19.6. The minimum Gasteiger partial charge on any atom is -0.462 e. The van der Waals surface area contributed by atoms with Gasteiger partial charge in [-0.25, -0.2) is 0 Å². The first-order valence-corrected chi connectivity index (χ1v) is 26.1. The first-order chi connectivity index (χ1) is 28.6. The molecule has 6 heteroatoms. The number of unbranched alkanes of at least 4 members (excludes halogenated alkanes) is 29. The second kappa shape index (κ2) is 44.5. The van der Waals surface area contributed by atoms with Crippen molar-refractivity contribution >= 4 is 17.9 Å². The van der Waals surface area contributed by atoms with Gasteiger partial charge in [0.1, 0.15) is 13.2 Å². The molecule has 1 atom stereocenters. The van der Waals surface area contributed by atoms with Crippen LogP contribution in [-0.4, -0.2) is 37.2 Å². The molecule has 0 aliphatic heterocycles. The summed E-state index contributed by atoms with van der Waals surface area (Å²) in [5.74, 6) is 1.59. The van der Waals surface area contributed by atoms with E-state index in [-0.39, 0.29) is 31.1 Å². The van der Waals surface area contributed by atoms with Gasteiger partial charge >= 0.3 is 17.9 Å². The molecule has 0 saturated carbocycles. The van der Waals surface area contributed by atoms with Gasteiger partial charge in [0.15, 0.2) is 6.10 Å². The average molecular weight is 835 g/mol. The Kier molecular flexibility index (Phi) is 43.3. The highest BCUT2D eigenvalue weighted by atomic mass is 16.6. The lowest BCUT2D eigenvalue weighted by Crippen LogP contribution is -2.30. The molecule has 0 bridgehead atoms.